The topological polar surface area (TPSA) is 267 Å². The molecule has 0 bridgehead atoms. The summed E-state index contributed by atoms with van der Waals surface area (Å²) in [7, 11) is 0. The number of hydrogen-bond acceptors (Lipinski definition) is 12. The summed E-state index contributed by atoms with van der Waals surface area (Å²) >= 11 is 0. The number of benzene rings is 2. The Bertz CT molecular complexity index is 2550. The number of nitrogens with zero attached hydrogens (tertiary/aromatic N) is 10. The van der Waals surface area contributed by atoms with Gasteiger partial charge in [0.2, 0.25) is 23.3 Å². The van der Waals surface area contributed by atoms with Crippen molar-refractivity contribution in [2.75, 3.05) is 0 Å². The summed E-state index contributed by atoms with van der Waals surface area (Å²) in [5, 5.41) is 49.9. The molecule has 0 spiro atoms. The zero-order valence-corrected chi connectivity index (χ0v) is 26.8. The fraction of sp³-hybridized carbons (Fsp3) is 0.176. The molecule has 0 aliphatic heterocycles. The average Bonchev–Trinajstić information content (AvgIpc) is 3.97. The van der Waals surface area contributed by atoms with Crippen LogP contribution < -0.4 is 10.6 Å². The second kappa shape index (κ2) is 13.4. The quantitative estimate of drug-likeness (QED) is 0.195. The van der Waals surface area contributed by atoms with Gasteiger partial charge < -0.3 is 20.8 Å². The van der Waals surface area contributed by atoms with Crippen LogP contribution in [0, 0.1) is 22.7 Å². The Morgan fingerprint density at radius 2 is 1.15 bits per heavy atom. The standard InChI is InChI=1S/2C17H12N6O3/c18-8-9-1-3-11-10(7-9)2-4-12(11)20-16(24)15-22-14(17(25)26)21-13-5-6-19-23(13)15;18-8-9-1-3-11-10(7-9)2-4-12(11)20-16(24)14-21-13-5-6-19-23(13)15(22-14)17(25)26/h2*1,3,5-7,12H,2,4H2,(H,20,24)(H,25,26)/t2*12-/m00/s1. The minimum Gasteiger partial charge on any atom is -0.475 e. The van der Waals surface area contributed by atoms with E-state index in [0.29, 0.717) is 24.0 Å². The molecule has 0 saturated heterocycles. The molecule has 2 aliphatic carbocycles. The normalized spacial score (nSPS) is 15.4. The fourth-order valence-electron chi connectivity index (χ4n) is 6.25. The van der Waals surface area contributed by atoms with E-state index in [1.54, 1.807) is 12.1 Å². The maximum Gasteiger partial charge on any atom is 0.374 e. The Labute approximate surface area is 292 Å². The Morgan fingerprint density at radius 3 is 1.67 bits per heavy atom. The van der Waals surface area contributed by atoms with Crippen LogP contribution in [0.2, 0.25) is 0 Å². The number of aromatic carboxylic acids is 2. The van der Waals surface area contributed by atoms with Crippen LogP contribution in [0.1, 0.15) is 101 Å². The van der Waals surface area contributed by atoms with E-state index in [1.165, 1.54) is 29.0 Å². The second-order valence-electron chi connectivity index (χ2n) is 11.7. The number of rotatable bonds is 6. The number of nitriles is 2. The molecule has 18 heteroatoms. The molecule has 2 aliphatic rings. The summed E-state index contributed by atoms with van der Waals surface area (Å²) in [5.41, 5.74) is 5.55. The van der Waals surface area contributed by atoms with E-state index in [0.717, 1.165) is 39.6 Å². The molecule has 0 radical (unpaired) electrons. The van der Waals surface area contributed by atoms with E-state index in [2.05, 4.69) is 52.9 Å². The molecule has 4 N–H and O–H groups in total. The molecule has 256 valence electrons. The van der Waals surface area contributed by atoms with Gasteiger partial charge in [-0.25, -0.2) is 19.6 Å². The maximum atomic E-state index is 12.7. The zero-order valence-electron chi connectivity index (χ0n) is 26.8. The van der Waals surface area contributed by atoms with Crippen LogP contribution in [-0.4, -0.2) is 73.1 Å². The lowest BCUT2D eigenvalue weighted by Gasteiger charge is -2.14. The van der Waals surface area contributed by atoms with Crippen molar-refractivity contribution in [2.24, 2.45) is 0 Å². The number of fused-ring (bicyclic) bond motifs is 4. The monoisotopic (exact) mass is 696 g/mol. The van der Waals surface area contributed by atoms with E-state index in [1.807, 2.05) is 24.3 Å². The number of carboxylic acid groups (broad SMARTS) is 2. The van der Waals surface area contributed by atoms with Gasteiger partial charge >= 0.3 is 11.9 Å². The summed E-state index contributed by atoms with van der Waals surface area (Å²) < 4.78 is 2.27. The number of amides is 2. The van der Waals surface area contributed by atoms with E-state index in [-0.39, 0.29) is 40.9 Å². The highest BCUT2D eigenvalue weighted by atomic mass is 16.4. The van der Waals surface area contributed by atoms with Gasteiger partial charge in [0.25, 0.3) is 11.8 Å². The summed E-state index contributed by atoms with van der Waals surface area (Å²) in [4.78, 5) is 63.4. The highest BCUT2D eigenvalue weighted by molar-refractivity contribution is 5.94. The lowest BCUT2D eigenvalue weighted by molar-refractivity contribution is 0.0669. The van der Waals surface area contributed by atoms with Crippen molar-refractivity contribution in [3.8, 4) is 12.1 Å². The molecule has 0 unspecified atom stereocenters. The molecular formula is C34H24N12O6. The molecule has 0 fully saturated rings. The van der Waals surface area contributed by atoms with Gasteiger partial charge in [0.05, 0.1) is 47.7 Å². The first kappa shape index (κ1) is 32.9. The summed E-state index contributed by atoms with van der Waals surface area (Å²) in [5.74, 6) is -4.92. The first-order valence-corrected chi connectivity index (χ1v) is 15.7. The lowest BCUT2D eigenvalue weighted by atomic mass is 10.1. The fourth-order valence-corrected chi connectivity index (χ4v) is 6.25. The third kappa shape index (κ3) is 6.18. The molecule has 0 saturated carbocycles. The number of aromatic nitrogens is 8. The van der Waals surface area contributed by atoms with E-state index in [9.17, 15) is 24.3 Å². The van der Waals surface area contributed by atoms with Gasteiger partial charge in [-0.15, -0.1) is 0 Å². The van der Waals surface area contributed by atoms with Crippen LogP contribution in [0.15, 0.2) is 60.9 Å². The Hall–Kier alpha value is -7.60. The van der Waals surface area contributed by atoms with Gasteiger partial charge in [0, 0.05) is 12.1 Å². The number of hydrogen-bond donors (Lipinski definition) is 4. The SMILES string of the molecule is N#Cc1ccc2c(c1)CC[C@@H]2NC(=O)c1nc(C(=O)O)n2nccc2n1.N#Cc1ccc2c(c1)CC[C@@H]2NC(=O)c1nc(C(=O)O)nc2ccnn12. The molecule has 6 aromatic rings. The average molecular weight is 697 g/mol. The van der Waals surface area contributed by atoms with Gasteiger partial charge in [-0.05, 0) is 72.2 Å². The molecule has 18 nitrogen and oxygen atoms in total. The van der Waals surface area contributed by atoms with Crippen LogP contribution in [-0.2, 0) is 12.8 Å². The first-order valence-electron chi connectivity index (χ1n) is 15.7. The third-order valence-electron chi connectivity index (χ3n) is 8.61. The minimum absolute atomic E-state index is 0.139. The number of aryl methyl sites for hydroxylation is 2. The number of carboxylic acids is 2. The zero-order chi connectivity index (χ0) is 36.5. The molecule has 8 rings (SSSR count). The van der Waals surface area contributed by atoms with Gasteiger partial charge in [-0.2, -0.15) is 39.7 Å². The van der Waals surface area contributed by atoms with Crippen molar-refractivity contribution in [1.82, 2.24) is 49.8 Å². The highest BCUT2D eigenvalue weighted by Gasteiger charge is 2.28. The molecule has 52 heavy (non-hydrogen) atoms. The second-order valence-corrected chi connectivity index (χ2v) is 11.7. The summed E-state index contributed by atoms with van der Waals surface area (Å²) in [6.07, 6.45) is 5.68. The van der Waals surface area contributed by atoms with Gasteiger partial charge in [0.1, 0.15) is 0 Å². The van der Waals surface area contributed by atoms with Crippen molar-refractivity contribution < 1.29 is 29.4 Å². The van der Waals surface area contributed by atoms with Crippen molar-refractivity contribution in [3.63, 3.8) is 0 Å². The van der Waals surface area contributed by atoms with Crippen LogP contribution in [0.5, 0.6) is 0 Å². The highest BCUT2D eigenvalue weighted by Crippen LogP contribution is 2.33. The molecule has 4 aromatic heterocycles. The number of nitrogens with one attached hydrogen (secondary N) is 2. The summed E-state index contributed by atoms with van der Waals surface area (Å²) in [6.45, 7) is 0. The largest absolute Gasteiger partial charge is 0.475 e. The van der Waals surface area contributed by atoms with Crippen LogP contribution in [0.25, 0.3) is 11.3 Å². The molecular weight excluding hydrogens is 672 g/mol. The smallest absolute Gasteiger partial charge is 0.374 e. The summed E-state index contributed by atoms with van der Waals surface area (Å²) in [6, 6.07) is 17.4. The van der Waals surface area contributed by atoms with Gasteiger partial charge in [-0.3, -0.25) is 9.59 Å². The van der Waals surface area contributed by atoms with E-state index >= 15 is 0 Å². The predicted molar refractivity (Wildman–Crippen MR) is 175 cm³/mol. The number of carbonyl (C=O) groups excluding carboxylic acids is 2. The number of carbonyl (C=O) groups is 4. The molecule has 2 amide bonds. The Morgan fingerprint density at radius 1 is 0.654 bits per heavy atom. The maximum absolute atomic E-state index is 12.7. The van der Waals surface area contributed by atoms with Crippen molar-refractivity contribution in [2.45, 2.75) is 37.8 Å². The minimum atomic E-state index is -1.32. The Kier molecular flexibility index (Phi) is 8.46. The lowest BCUT2D eigenvalue weighted by Crippen LogP contribution is -2.31. The van der Waals surface area contributed by atoms with Crippen LogP contribution in [0.4, 0.5) is 0 Å². The van der Waals surface area contributed by atoms with Crippen molar-refractivity contribution in [3.05, 3.63) is 118 Å². The Balaban J connectivity index is 0.000000162. The van der Waals surface area contributed by atoms with Crippen molar-refractivity contribution in [1.29, 1.82) is 10.5 Å². The molecule has 2 aromatic carbocycles. The van der Waals surface area contributed by atoms with Gasteiger partial charge in [0.15, 0.2) is 11.3 Å². The molecule has 4 heterocycles. The predicted octanol–water partition coefficient (Wildman–Crippen LogP) is 2.22. The van der Waals surface area contributed by atoms with Crippen LogP contribution in [0.3, 0.4) is 0 Å². The first-order chi connectivity index (χ1) is 25.1. The van der Waals surface area contributed by atoms with Crippen molar-refractivity contribution >= 4 is 35.0 Å². The van der Waals surface area contributed by atoms with Gasteiger partial charge in [-0.1, -0.05) is 12.1 Å². The van der Waals surface area contributed by atoms with E-state index < -0.39 is 29.6 Å². The van der Waals surface area contributed by atoms with E-state index in [4.69, 9.17) is 15.6 Å². The van der Waals surface area contributed by atoms with Crippen LogP contribution >= 0.6 is 0 Å². The molecule has 2 atom stereocenters. The third-order valence-corrected chi connectivity index (χ3v) is 8.61.